The van der Waals surface area contributed by atoms with Crippen molar-refractivity contribution in [1.82, 2.24) is 5.32 Å². The average molecular weight is 438 g/mol. The maximum absolute atomic E-state index is 11.3. The molecule has 0 aromatic heterocycles. The first kappa shape index (κ1) is 33.4. The molecule has 0 spiro atoms. The number of aliphatic hydroxyl groups excluding tert-OH is 1. The molecule has 0 aromatic rings. The molecule has 0 rings (SSSR count). The number of aliphatic hydroxyl groups is 1. The second-order valence-electron chi connectivity index (χ2n) is 7.11. The summed E-state index contributed by atoms with van der Waals surface area (Å²) in [6, 6.07) is 0. The maximum atomic E-state index is 11.3. The van der Waals surface area contributed by atoms with Crippen LogP contribution in [0.2, 0.25) is 0 Å². The van der Waals surface area contributed by atoms with Crippen LogP contribution in [0.1, 0.15) is 90.4 Å². The second-order valence-corrected chi connectivity index (χ2v) is 7.11. The van der Waals surface area contributed by atoms with E-state index in [1.54, 1.807) is 0 Å². The van der Waals surface area contributed by atoms with Crippen LogP contribution in [0.4, 0.5) is 0 Å². The fraction of sp³-hybridized carbons (Fsp3) is 0.727. The van der Waals surface area contributed by atoms with Crippen molar-refractivity contribution in [3.8, 4) is 0 Å². The summed E-state index contributed by atoms with van der Waals surface area (Å²) in [5, 5.41) is 21.7. The number of carboxylic acids is 1. The van der Waals surface area contributed by atoms with Gasteiger partial charge in [-0.05, 0) is 64.7 Å². The van der Waals surface area contributed by atoms with Gasteiger partial charge >= 0.3 is 29.6 Å². The minimum absolute atomic E-state index is 0. The molecular weight excluding hydrogens is 397 g/mol. The molecule has 5 nitrogen and oxygen atoms in total. The van der Waals surface area contributed by atoms with E-state index in [0.717, 1.165) is 44.9 Å². The van der Waals surface area contributed by atoms with Crippen molar-refractivity contribution in [1.29, 1.82) is 0 Å². The zero-order chi connectivity index (χ0) is 20.2. The molecule has 0 saturated heterocycles. The first-order chi connectivity index (χ1) is 13.0. The maximum Gasteiger partial charge on any atom is 1.00 e. The second kappa shape index (κ2) is 25.8. The SMILES string of the molecule is C[C@H](O)CCC/C=C\CCCCCCC/C=C\CCCC(=O)NCC(=O)[O-].S.[Na+]. The number of carbonyl (C=O) groups excluding carboxylic acids is 2. The standard InChI is InChI=1S/C22H39NO4.Na.H2S/c1-20(24)17-15-13-11-9-7-5-3-2-4-6-8-10-12-14-16-18-21(25)23-19-22(26)27;;/h9-12,20,24H,2-8,13-19H2,1H3,(H,23,25)(H,26,27);;1H2/q;+1;/p-1/b11-9-,12-10-;;/t20-;;/m0../s1. The predicted octanol–water partition coefficient (Wildman–Crippen LogP) is 0.534. The van der Waals surface area contributed by atoms with Crippen LogP contribution in [0, 0.1) is 0 Å². The van der Waals surface area contributed by atoms with E-state index in [2.05, 4.69) is 29.6 Å². The fourth-order valence-corrected chi connectivity index (χ4v) is 2.70. The normalized spacial score (nSPS) is 11.8. The van der Waals surface area contributed by atoms with Crippen LogP contribution in [0.3, 0.4) is 0 Å². The molecule has 0 heterocycles. The average Bonchev–Trinajstić information content (AvgIpc) is 2.62. The number of amides is 1. The van der Waals surface area contributed by atoms with Crippen LogP contribution in [-0.4, -0.2) is 29.6 Å². The number of rotatable bonds is 18. The van der Waals surface area contributed by atoms with Gasteiger partial charge in [0, 0.05) is 6.42 Å². The number of nitrogens with one attached hydrogen (secondary N) is 1. The molecule has 164 valence electrons. The minimum atomic E-state index is -1.26. The molecule has 0 aliphatic heterocycles. The van der Waals surface area contributed by atoms with Gasteiger partial charge in [0.1, 0.15) is 0 Å². The van der Waals surface area contributed by atoms with Gasteiger partial charge in [-0.3, -0.25) is 4.79 Å². The molecule has 7 heteroatoms. The van der Waals surface area contributed by atoms with E-state index in [1.807, 2.05) is 6.92 Å². The molecule has 0 aliphatic rings. The molecule has 0 aromatic carbocycles. The van der Waals surface area contributed by atoms with Crippen LogP contribution in [0.25, 0.3) is 0 Å². The molecule has 0 bridgehead atoms. The number of unbranched alkanes of at least 4 members (excludes halogenated alkanes) is 8. The van der Waals surface area contributed by atoms with Crippen LogP contribution >= 0.6 is 13.5 Å². The van der Waals surface area contributed by atoms with E-state index in [1.165, 1.54) is 32.1 Å². The van der Waals surface area contributed by atoms with Crippen molar-refractivity contribution in [3.05, 3.63) is 24.3 Å². The summed E-state index contributed by atoms with van der Waals surface area (Å²) in [6.07, 6.45) is 22.1. The minimum Gasteiger partial charge on any atom is -0.548 e. The fourth-order valence-electron chi connectivity index (χ4n) is 2.70. The van der Waals surface area contributed by atoms with Crippen molar-refractivity contribution in [2.24, 2.45) is 0 Å². The van der Waals surface area contributed by atoms with Crippen LogP contribution in [0.15, 0.2) is 24.3 Å². The van der Waals surface area contributed by atoms with E-state index in [-0.39, 0.29) is 55.1 Å². The molecule has 29 heavy (non-hydrogen) atoms. The number of carboxylic acid groups (broad SMARTS) is 1. The van der Waals surface area contributed by atoms with E-state index in [4.69, 9.17) is 5.11 Å². The first-order valence-corrected chi connectivity index (χ1v) is 10.5. The van der Waals surface area contributed by atoms with Crippen LogP contribution < -0.4 is 40.0 Å². The Balaban J connectivity index is -0.00000338. The third-order valence-corrected chi connectivity index (χ3v) is 4.27. The Morgan fingerprint density at radius 3 is 1.79 bits per heavy atom. The largest absolute Gasteiger partial charge is 1.00 e. The zero-order valence-electron chi connectivity index (χ0n) is 18.5. The van der Waals surface area contributed by atoms with Crippen molar-refractivity contribution in [2.75, 3.05) is 6.54 Å². The summed E-state index contributed by atoms with van der Waals surface area (Å²) in [5.41, 5.74) is 0. The summed E-state index contributed by atoms with van der Waals surface area (Å²) in [6.45, 7) is 1.43. The molecule has 0 fully saturated rings. The van der Waals surface area contributed by atoms with Crippen molar-refractivity contribution < 1.29 is 49.4 Å². The number of hydrogen-bond acceptors (Lipinski definition) is 4. The Labute approximate surface area is 206 Å². The summed E-state index contributed by atoms with van der Waals surface area (Å²) in [7, 11) is 0. The molecular formula is C22H40NNaO4S. The van der Waals surface area contributed by atoms with Crippen molar-refractivity contribution in [3.63, 3.8) is 0 Å². The van der Waals surface area contributed by atoms with E-state index in [0.29, 0.717) is 6.42 Å². The molecule has 0 saturated carbocycles. The van der Waals surface area contributed by atoms with Crippen molar-refractivity contribution in [2.45, 2.75) is 96.5 Å². The Bertz CT molecular complexity index is 443. The van der Waals surface area contributed by atoms with Gasteiger partial charge in [0.05, 0.1) is 18.6 Å². The summed E-state index contributed by atoms with van der Waals surface area (Å²) < 4.78 is 0. The van der Waals surface area contributed by atoms with Gasteiger partial charge in [-0.1, -0.05) is 43.6 Å². The first-order valence-electron chi connectivity index (χ1n) is 10.5. The van der Waals surface area contributed by atoms with Gasteiger partial charge in [0.25, 0.3) is 0 Å². The topological polar surface area (TPSA) is 89.5 Å². The molecule has 0 radical (unpaired) electrons. The smallest absolute Gasteiger partial charge is 0.548 e. The van der Waals surface area contributed by atoms with Gasteiger partial charge in [-0.15, -0.1) is 0 Å². The zero-order valence-corrected chi connectivity index (χ0v) is 21.5. The Hall–Kier alpha value is -0.270. The molecule has 1 amide bonds. The molecule has 0 aliphatic carbocycles. The molecule has 2 N–H and O–H groups in total. The van der Waals surface area contributed by atoms with Gasteiger partial charge in [0.2, 0.25) is 5.91 Å². The quantitative estimate of drug-likeness (QED) is 0.186. The molecule has 0 unspecified atom stereocenters. The van der Waals surface area contributed by atoms with Crippen molar-refractivity contribution >= 4 is 25.4 Å². The van der Waals surface area contributed by atoms with Gasteiger partial charge < -0.3 is 20.3 Å². The number of hydrogen-bond donors (Lipinski definition) is 2. The Kier molecular flexibility index (Phi) is 29.6. The van der Waals surface area contributed by atoms with Gasteiger partial charge in [-0.25, -0.2) is 0 Å². The van der Waals surface area contributed by atoms with E-state index in [9.17, 15) is 14.7 Å². The number of aliphatic carboxylic acids is 1. The monoisotopic (exact) mass is 437 g/mol. The molecule has 1 atom stereocenters. The predicted molar refractivity (Wildman–Crippen MR) is 118 cm³/mol. The third kappa shape index (κ3) is 30.0. The third-order valence-electron chi connectivity index (χ3n) is 4.27. The summed E-state index contributed by atoms with van der Waals surface area (Å²) in [4.78, 5) is 21.5. The van der Waals surface area contributed by atoms with Crippen LogP contribution in [0.5, 0.6) is 0 Å². The number of carbonyl (C=O) groups is 2. The van der Waals surface area contributed by atoms with E-state index < -0.39 is 12.5 Å². The van der Waals surface area contributed by atoms with Crippen LogP contribution in [-0.2, 0) is 9.59 Å². The number of allylic oxidation sites excluding steroid dienone is 4. The van der Waals surface area contributed by atoms with Gasteiger partial charge in [0.15, 0.2) is 0 Å². The summed E-state index contributed by atoms with van der Waals surface area (Å²) in [5.74, 6) is -1.49. The summed E-state index contributed by atoms with van der Waals surface area (Å²) >= 11 is 0. The van der Waals surface area contributed by atoms with Gasteiger partial charge in [-0.2, -0.15) is 13.5 Å². The Morgan fingerprint density at radius 1 is 0.862 bits per heavy atom. The Morgan fingerprint density at radius 2 is 1.31 bits per heavy atom. The van der Waals surface area contributed by atoms with E-state index >= 15 is 0 Å².